The molecule has 0 aromatic heterocycles. The van der Waals surface area contributed by atoms with Gasteiger partial charge in [-0.2, -0.15) is 0 Å². The van der Waals surface area contributed by atoms with E-state index in [-0.39, 0.29) is 11.5 Å². The van der Waals surface area contributed by atoms with Gasteiger partial charge in [0, 0.05) is 5.41 Å². The van der Waals surface area contributed by atoms with Gasteiger partial charge in [-0.25, -0.2) is 0 Å². The lowest BCUT2D eigenvalue weighted by Crippen LogP contribution is -2.41. The fraction of sp³-hybridized carbons (Fsp3) is 1.00. The lowest BCUT2D eigenvalue weighted by molar-refractivity contribution is -0.0299. The molecule has 1 heterocycles. The summed E-state index contributed by atoms with van der Waals surface area (Å²) in [5, 5.41) is 0. The van der Waals surface area contributed by atoms with Gasteiger partial charge in [0.15, 0.2) is 0 Å². The Morgan fingerprint density at radius 3 is 2.46 bits per heavy atom. The van der Waals surface area contributed by atoms with Crippen LogP contribution in [0, 0.1) is 11.3 Å². The molecular weight excluding hydrogens is 223 g/mol. The summed E-state index contributed by atoms with van der Waals surface area (Å²) >= 11 is 9.36. The first kappa shape index (κ1) is 12.0. The minimum Gasteiger partial charge on any atom is -0.321 e. The van der Waals surface area contributed by atoms with Gasteiger partial charge in [0.05, 0.1) is 12.7 Å². The average Bonchev–Trinajstić information content (AvgIpc) is 1.95. The monoisotopic (exact) mass is 240 g/mol. The van der Waals surface area contributed by atoms with Crippen LogP contribution in [0.15, 0.2) is 0 Å². The molecule has 1 fully saturated rings. The number of hydrogen-bond donors (Lipinski definition) is 1. The van der Waals surface area contributed by atoms with Crippen molar-refractivity contribution >= 4 is 29.7 Å². The van der Waals surface area contributed by atoms with Crippen LogP contribution < -0.4 is 0 Å². The Morgan fingerprint density at radius 2 is 2.08 bits per heavy atom. The summed E-state index contributed by atoms with van der Waals surface area (Å²) in [5.41, 5.74) is -2.21. The maximum absolute atomic E-state index is 5.72. The Balaban J connectivity index is 2.82. The van der Waals surface area contributed by atoms with Gasteiger partial charge in [0.2, 0.25) is 5.69 Å². The summed E-state index contributed by atoms with van der Waals surface area (Å²) in [4.78, 5) is 0. The van der Waals surface area contributed by atoms with E-state index in [1.807, 2.05) is 0 Å². The first-order valence-corrected chi connectivity index (χ1v) is 8.19. The third-order valence-corrected chi connectivity index (χ3v) is 4.37. The third kappa shape index (κ3) is 2.93. The Bertz CT molecular complexity index is 240. The van der Waals surface area contributed by atoms with Crippen molar-refractivity contribution in [3.8, 4) is 0 Å². The Labute approximate surface area is 90.7 Å². The second kappa shape index (κ2) is 3.82. The van der Waals surface area contributed by atoms with Gasteiger partial charge in [-0.05, 0) is 17.7 Å². The molecule has 0 spiro atoms. The highest BCUT2D eigenvalue weighted by atomic mass is 32.9. The molecule has 0 amide bonds. The van der Waals surface area contributed by atoms with Crippen LogP contribution in [0.4, 0.5) is 0 Å². The van der Waals surface area contributed by atoms with Crippen molar-refractivity contribution in [3.05, 3.63) is 0 Å². The first-order valence-electron chi connectivity index (χ1n) is 4.40. The van der Waals surface area contributed by atoms with Gasteiger partial charge in [0.25, 0.3) is 0 Å². The lowest BCUT2D eigenvalue weighted by Gasteiger charge is -2.43. The second-order valence-electron chi connectivity index (χ2n) is 4.50. The fourth-order valence-corrected chi connectivity index (χ4v) is 3.96. The molecule has 2 atom stereocenters. The van der Waals surface area contributed by atoms with Crippen LogP contribution in [0.25, 0.3) is 0 Å². The Hall–Kier alpha value is 0.920. The molecule has 5 heteroatoms. The molecule has 0 aromatic rings. The van der Waals surface area contributed by atoms with E-state index in [2.05, 4.69) is 39.9 Å². The van der Waals surface area contributed by atoms with Crippen LogP contribution in [0.1, 0.15) is 27.7 Å². The molecule has 0 aliphatic carbocycles. The van der Waals surface area contributed by atoms with Gasteiger partial charge in [0.1, 0.15) is 0 Å². The molecule has 78 valence electrons. The maximum Gasteiger partial charge on any atom is 0.244 e. The first-order chi connectivity index (χ1) is 5.75. The SMILES string of the molecule is CC(C)[C@H]1OP(=S)(S)OCC1(C)C. The van der Waals surface area contributed by atoms with Crippen molar-refractivity contribution in [1.82, 2.24) is 0 Å². The largest absolute Gasteiger partial charge is 0.321 e. The predicted molar refractivity (Wildman–Crippen MR) is 62.7 cm³/mol. The zero-order valence-corrected chi connectivity index (χ0v) is 11.1. The van der Waals surface area contributed by atoms with Gasteiger partial charge >= 0.3 is 0 Å². The molecule has 13 heavy (non-hydrogen) atoms. The summed E-state index contributed by atoms with van der Waals surface area (Å²) in [6.07, 6.45) is 0.157. The Kier molecular flexibility index (Phi) is 3.52. The lowest BCUT2D eigenvalue weighted by atomic mass is 9.81. The number of hydrogen-bond acceptors (Lipinski definition) is 3. The molecule has 0 N–H and O–H groups in total. The highest BCUT2D eigenvalue weighted by Gasteiger charge is 2.41. The molecule has 0 aromatic carbocycles. The molecule has 1 saturated heterocycles. The van der Waals surface area contributed by atoms with Gasteiger partial charge in [-0.15, -0.1) is 0 Å². The topological polar surface area (TPSA) is 18.5 Å². The van der Waals surface area contributed by atoms with Crippen molar-refractivity contribution in [2.75, 3.05) is 6.61 Å². The van der Waals surface area contributed by atoms with E-state index >= 15 is 0 Å². The average molecular weight is 240 g/mol. The third-order valence-electron chi connectivity index (χ3n) is 2.22. The zero-order valence-electron chi connectivity index (χ0n) is 8.48. The van der Waals surface area contributed by atoms with Gasteiger partial charge in [-0.3, -0.25) is 0 Å². The normalized spacial score (nSPS) is 39.4. The van der Waals surface area contributed by atoms with E-state index in [1.165, 1.54) is 0 Å². The summed E-state index contributed by atoms with van der Waals surface area (Å²) in [6.45, 7) is 9.21. The van der Waals surface area contributed by atoms with Crippen molar-refractivity contribution in [2.24, 2.45) is 11.3 Å². The van der Waals surface area contributed by atoms with Crippen molar-refractivity contribution in [3.63, 3.8) is 0 Å². The molecule has 1 aliphatic heterocycles. The summed E-state index contributed by atoms with van der Waals surface area (Å²) in [5.74, 6) is 0.452. The smallest absolute Gasteiger partial charge is 0.244 e. The van der Waals surface area contributed by atoms with Crippen LogP contribution in [-0.4, -0.2) is 12.7 Å². The predicted octanol–water partition coefficient (Wildman–Crippen LogP) is 3.24. The molecule has 1 aliphatic rings. The van der Waals surface area contributed by atoms with Gasteiger partial charge < -0.3 is 9.05 Å². The van der Waals surface area contributed by atoms with E-state index in [9.17, 15) is 0 Å². The second-order valence-corrected chi connectivity index (χ2v) is 9.74. The maximum atomic E-state index is 5.72. The van der Waals surface area contributed by atoms with E-state index in [1.54, 1.807) is 0 Å². The minimum absolute atomic E-state index is 0.0409. The van der Waals surface area contributed by atoms with E-state index in [0.29, 0.717) is 12.5 Å². The van der Waals surface area contributed by atoms with Crippen LogP contribution in [0.5, 0.6) is 0 Å². The molecular formula is C8H17O2PS2. The van der Waals surface area contributed by atoms with Crippen molar-refractivity contribution in [2.45, 2.75) is 33.8 Å². The van der Waals surface area contributed by atoms with Crippen LogP contribution >= 0.6 is 17.9 Å². The zero-order chi connectivity index (χ0) is 10.3. The van der Waals surface area contributed by atoms with Crippen LogP contribution in [0.3, 0.4) is 0 Å². The quantitative estimate of drug-likeness (QED) is 0.560. The summed E-state index contributed by atoms with van der Waals surface area (Å²) in [7, 11) is 0. The minimum atomic E-state index is -2.25. The summed E-state index contributed by atoms with van der Waals surface area (Å²) in [6, 6.07) is 0. The van der Waals surface area contributed by atoms with E-state index < -0.39 is 5.69 Å². The van der Waals surface area contributed by atoms with Crippen molar-refractivity contribution < 1.29 is 9.05 Å². The standard InChI is InChI=1S/C8H17O2PS2/c1-6(2)7-8(3,4)5-9-11(12,13)10-7/h6-7H,5H2,1-4H3,(H,12,13)/t7-/m1/s1. The Morgan fingerprint density at radius 1 is 1.54 bits per heavy atom. The van der Waals surface area contributed by atoms with E-state index in [4.69, 9.17) is 20.9 Å². The highest BCUT2D eigenvalue weighted by Crippen LogP contribution is 2.61. The van der Waals surface area contributed by atoms with Crippen LogP contribution in [-0.2, 0) is 20.9 Å². The van der Waals surface area contributed by atoms with Crippen LogP contribution in [0.2, 0.25) is 0 Å². The number of rotatable bonds is 1. The molecule has 0 bridgehead atoms. The van der Waals surface area contributed by atoms with E-state index in [0.717, 1.165) is 0 Å². The highest BCUT2D eigenvalue weighted by molar-refractivity contribution is 8.60. The molecule has 0 radical (unpaired) electrons. The summed E-state index contributed by atoms with van der Waals surface area (Å²) < 4.78 is 11.1. The molecule has 1 rings (SSSR count). The van der Waals surface area contributed by atoms with Gasteiger partial charge in [-0.1, -0.05) is 39.9 Å². The number of thiol groups is 1. The molecule has 2 nitrogen and oxygen atoms in total. The fourth-order valence-electron chi connectivity index (χ4n) is 1.67. The molecule has 1 unspecified atom stereocenters. The van der Waals surface area contributed by atoms with Crippen molar-refractivity contribution in [1.29, 1.82) is 0 Å². The molecule has 0 saturated carbocycles.